The molecule has 8 heteroatoms. The van der Waals surface area contributed by atoms with Crippen LogP contribution >= 0.6 is 0 Å². The predicted molar refractivity (Wildman–Crippen MR) is 119 cm³/mol. The van der Waals surface area contributed by atoms with E-state index in [1.807, 2.05) is 53.9 Å². The number of para-hydroxylation sites is 1. The Morgan fingerprint density at radius 3 is 2.52 bits per heavy atom. The van der Waals surface area contributed by atoms with Gasteiger partial charge in [0.25, 0.3) is 0 Å². The molecule has 0 bridgehead atoms. The van der Waals surface area contributed by atoms with E-state index in [0.29, 0.717) is 32.8 Å². The summed E-state index contributed by atoms with van der Waals surface area (Å²) >= 11 is 0. The summed E-state index contributed by atoms with van der Waals surface area (Å²) < 4.78 is 7.00. The number of carbonyl (C=O) groups excluding carboxylic acids is 2. The molecule has 0 unspecified atom stereocenters. The quantitative estimate of drug-likeness (QED) is 0.735. The Morgan fingerprint density at radius 1 is 1.19 bits per heavy atom. The minimum Gasteiger partial charge on any atom is -0.450 e. The first-order chi connectivity index (χ1) is 14.9. The van der Waals surface area contributed by atoms with E-state index in [4.69, 9.17) is 4.74 Å². The van der Waals surface area contributed by atoms with Crippen molar-refractivity contribution in [2.75, 3.05) is 33.3 Å². The highest BCUT2D eigenvalue weighted by atomic mass is 16.6. The topological polar surface area (TPSA) is 79.7 Å². The molecule has 3 rings (SSSR count). The third-order valence-electron chi connectivity index (χ3n) is 5.67. The van der Waals surface area contributed by atoms with Crippen LogP contribution in [0.3, 0.4) is 0 Å². The van der Waals surface area contributed by atoms with Gasteiger partial charge >= 0.3 is 6.09 Å². The van der Waals surface area contributed by atoms with Crippen LogP contribution in [0.15, 0.2) is 30.3 Å². The van der Waals surface area contributed by atoms with Crippen molar-refractivity contribution in [2.45, 2.75) is 46.2 Å². The maximum Gasteiger partial charge on any atom is 0.409 e. The standard InChI is InChI=1S/C23H33N5O3/c1-5-31-23(30)27-13-11-19(12-14-27)24-22(29)16-26(4)15-21-17(2)25-28(18(21)3)20-9-7-6-8-10-20/h6-10,19H,5,11-16H2,1-4H3,(H,24,29). The summed E-state index contributed by atoms with van der Waals surface area (Å²) in [7, 11) is 1.95. The third-order valence-corrected chi connectivity index (χ3v) is 5.67. The maximum atomic E-state index is 12.5. The van der Waals surface area contributed by atoms with Crippen molar-refractivity contribution >= 4 is 12.0 Å². The number of likely N-dealkylation sites (tertiary alicyclic amines) is 1. The summed E-state index contributed by atoms with van der Waals surface area (Å²) in [5.41, 5.74) is 4.23. The molecule has 31 heavy (non-hydrogen) atoms. The van der Waals surface area contributed by atoms with Crippen molar-refractivity contribution in [3.8, 4) is 5.69 Å². The number of amides is 2. The summed E-state index contributed by atoms with van der Waals surface area (Å²) in [6.07, 6.45) is 1.22. The summed E-state index contributed by atoms with van der Waals surface area (Å²) in [4.78, 5) is 28.1. The van der Waals surface area contributed by atoms with Gasteiger partial charge in [0.05, 0.1) is 24.5 Å². The second-order valence-electron chi connectivity index (χ2n) is 8.10. The van der Waals surface area contributed by atoms with Crippen LogP contribution in [0.5, 0.6) is 0 Å². The van der Waals surface area contributed by atoms with Crippen molar-refractivity contribution in [3.63, 3.8) is 0 Å². The van der Waals surface area contributed by atoms with E-state index in [9.17, 15) is 9.59 Å². The van der Waals surface area contributed by atoms with E-state index < -0.39 is 0 Å². The molecule has 0 spiro atoms. The van der Waals surface area contributed by atoms with Crippen LogP contribution in [0.2, 0.25) is 0 Å². The van der Waals surface area contributed by atoms with Crippen LogP contribution in [0.1, 0.15) is 36.7 Å². The SMILES string of the molecule is CCOC(=O)N1CCC(NC(=O)CN(C)Cc2c(C)nn(-c3ccccc3)c2C)CC1. The molecule has 168 valence electrons. The molecule has 0 saturated carbocycles. The fourth-order valence-electron chi connectivity index (χ4n) is 3.99. The molecule has 1 aromatic heterocycles. The fraction of sp³-hybridized carbons (Fsp3) is 0.522. The Bertz CT molecular complexity index is 888. The number of benzene rings is 1. The predicted octanol–water partition coefficient (Wildman–Crippen LogP) is 2.66. The lowest BCUT2D eigenvalue weighted by Crippen LogP contribution is -2.48. The van der Waals surface area contributed by atoms with Crippen molar-refractivity contribution in [3.05, 3.63) is 47.3 Å². The minimum absolute atomic E-state index is 0.00263. The lowest BCUT2D eigenvalue weighted by atomic mass is 10.1. The van der Waals surface area contributed by atoms with Gasteiger partial charge in [-0.15, -0.1) is 0 Å². The number of ether oxygens (including phenoxy) is 1. The Kier molecular flexibility index (Phi) is 7.68. The Labute approximate surface area is 184 Å². The average molecular weight is 428 g/mol. The number of hydrogen-bond acceptors (Lipinski definition) is 5. The zero-order valence-electron chi connectivity index (χ0n) is 18.9. The molecule has 1 saturated heterocycles. The van der Waals surface area contributed by atoms with E-state index in [0.717, 1.165) is 35.5 Å². The molecular weight excluding hydrogens is 394 g/mol. The van der Waals surface area contributed by atoms with Gasteiger partial charge in [-0.25, -0.2) is 9.48 Å². The molecular formula is C23H33N5O3. The summed E-state index contributed by atoms with van der Waals surface area (Å²) in [5.74, 6) is 0.00263. The second kappa shape index (κ2) is 10.4. The molecule has 1 aromatic carbocycles. The number of likely N-dealkylation sites (N-methyl/N-ethyl adjacent to an activating group) is 1. The van der Waals surface area contributed by atoms with Crippen LogP contribution in [-0.2, 0) is 16.1 Å². The molecule has 0 radical (unpaired) electrons. The third kappa shape index (κ3) is 5.85. The Morgan fingerprint density at radius 2 is 1.87 bits per heavy atom. The first-order valence-corrected chi connectivity index (χ1v) is 10.9. The Hall–Kier alpha value is -2.87. The first kappa shape index (κ1) is 22.8. The van der Waals surface area contributed by atoms with Gasteiger partial charge in [0.1, 0.15) is 0 Å². The average Bonchev–Trinajstić information content (AvgIpc) is 3.03. The number of rotatable bonds is 7. The molecule has 2 aromatic rings. The lowest BCUT2D eigenvalue weighted by Gasteiger charge is -2.32. The van der Waals surface area contributed by atoms with E-state index in [-0.39, 0.29) is 18.0 Å². The fourth-order valence-corrected chi connectivity index (χ4v) is 3.99. The highest BCUT2D eigenvalue weighted by Crippen LogP contribution is 2.19. The molecule has 8 nitrogen and oxygen atoms in total. The largest absolute Gasteiger partial charge is 0.450 e. The highest BCUT2D eigenvalue weighted by Gasteiger charge is 2.25. The minimum atomic E-state index is -0.270. The van der Waals surface area contributed by atoms with Crippen molar-refractivity contribution in [1.82, 2.24) is 24.9 Å². The number of carbonyl (C=O) groups is 2. The Balaban J connectivity index is 1.50. The van der Waals surface area contributed by atoms with Crippen LogP contribution in [0.4, 0.5) is 4.79 Å². The van der Waals surface area contributed by atoms with Crippen LogP contribution < -0.4 is 5.32 Å². The molecule has 0 atom stereocenters. The lowest BCUT2D eigenvalue weighted by molar-refractivity contribution is -0.123. The summed E-state index contributed by atoms with van der Waals surface area (Å²) in [6, 6.07) is 10.2. The summed E-state index contributed by atoms with van der Waals surface area (Å²) in [5, 5.41) is 7.79. The van der Waals surface area contributed by atoms with Gasteiger partial charge in [-0.1, -0.05) is 18.2 Å². The van der Waals surface area contributed by atoms with Gasteiger partial charge < -0.3 is 15.0 Å². The van der Waals surface area contributed by atoms with E-state index in [2.05, 4.69) is 17.3 Å². The molecule has 2 heterocycles. The van der Waals surface area contributed by atoms with Gasteiger partial charge in [0, 0.05) is 36.9 Å². The number of piperidine rings is 1. The van der Waals surface area contributed by atoms with E-state index in [1.54, 1.807) is 11.8 Å². The number of aryl methyl sites for hydroxylation is 1. The number of aromatic nitrogens is 2. The van der Waals surface area contributed by atoms with E-state index in [1.165, 1.54) is 0 Å². The number of nitrogens with one attached hydrogen (secondary N) is 1. The first-order valence-electron chi connectivity index (χ1n) is 10.9. The van der Waals surface area contributed by atoms with E-state index >= 15 is 0 Å². The zero-order chi connectivity index (χ0) is 22.4. The molecule has 1 N–H and O–H groups in total. The molecule has 0 aliphatic carbocycles. The second-order valence-corrected chi connectivity index (χ2v) is 8.10. The smallest absolute Gasteiger partial charge is 0.409 e. The van der Waals surface area contributed by atoms with Gasteiger partial charge in [-0.05, 0) is 52.8 Å². The normalized spacial score (nSPS) is 14.7. The van der Waals surface area contributed by atoms with Gasteiger partial charge in [-0.2, -0.15) is 5.10 Å². The summed E-state index contributed by atoms with van der Waals surface area (Å²) in [6.45, 7) is 8.43. The van der Waals surface area contributed by atoms with Crippen LogP contribution in [0.25, 0.3) is 5.69 Å². The monoisotopic (exact) mass is 427 g/mol. The van der Waals surface area contributed by atoms with Gasteiger partial charge in [-0.3, -0.25) is 9.69 Å². The number of hydrogen-bond donors (Lipinski definition) is 1. The molecule has 1 fully saturated rings. The molecule has 1 aliphatic rings. The van der Waals surface area contributed by atoms with Crippen molar-refractivity contribution in [1.29, 1.82) is 0 Å². The molecule has 2 amide bonds. The molecule has 1 aliphatic heterocycles. The van der Waals surface area contributed by atoms with Gasteiger partial charge in [0.2, 0.25) is 5.91 Å². The van der Waals surface area contributed by atoms with Gasteiger partial charge in [0.15, 0.2) is 0 Å². The van der Waals surface area contributed by atoms with Crippen molar-refractivity contribution in [2.24, 2.45) is 0 Å². The maximum absolute atomic E-state index is 12.5. The highest BCUT2D eigenvalue weighted by molar-refractivity contribution is 5.78. The number of nitrogens with zero attached hydrogens (tertiary/aromatic N) is 4. The zero-order valence-corrected chi connectivity index (χ0v) is 18.9. The van der Waals surface area contributed by atoms with Crippen LogP contribution in [-0.4, -0.2) is 70.9 Å². The van der Waals surface area contributed by atoms with Crippen LogP contribution in [0, 0.1) is 13.8 Å². The van der Waals surface area contributed by atoms with Crippen molar-refractivity contribution < 1.29 is 14.3 Å².